The third-order valence-electron chi connectivity index (χ3n) is 2.71. The quantitative estimate of drug-likeness (QED) is 0.838. The van der Waals surface area contributed by atoms with Crippen molar-refractivity contribution in [3.05, 3.63) is 35.9 Å². The number of nitrogens with one attached hydrogen (secondary N) is 1. The molecule has 2 nitrogen and oxygen atoms in total. The molecule has 0 saturated heterocycles. The van der Waals surface area contributed by atoms with Crippen molar-refractivity contribution in [2.45, 2.75) is 30.1 Å². The standard InChI is InChI=1S/C12H14BrNO/c1-8(13)12(15)14-11-7-10(11)9-5-3-2-4-6-9/h2-6,8,10-11H,7H2,1H3,(H,14,15). The summed E-state index contributed by atoms with van der Waals surface area (Å²) in [4.78, 5) is 11.3. The number of halogens is 1. The predicted molar refractivity (Wildman–Crippen MR) is 64.1 cm³/mol. The molecule has 0 radical (unpaired) electrons. The van der Waals surface area contributed by atoms with Gasteiger partial charge in [-0.2, -0.15) is 0 Å². The van der Waals surface area contributed by atoms with Crippen molar-refractivity contribution in [1.29, 1.82) is 0 Å². The van der Waals surface area contributed by atoms with Crippen LogP contribution >= 0.6 is 15.9 Å². The molecule has 1 amide bonds. The van der Waals surface area contributed by atoms with Crippen LogP contribution in [0.15, 0.2) is 30.3 Å². The Morgan fingerprint density at radius 2 is 2.13 bits per heavy atom. The van der Waals surface area contributed by atoms with Gasteiger partial charge in [-0.05, 0) is 18.9 Å². The number of carbonyl (C=O) groups is 1. The first-order valence-corrected chi connectivity index (χ1v) is 6.09. The van der Waals surface area contributed by atoms with Crippen LogP contribution in [0.4, 0.5) is 0 Å². The maximum absolute atomic E-state index is 11.4. The van der Waals surface area contributed by atoms with Crippen LogP contribution in [-0.4, -0.2) is 16.8 Å². The fourth-order valence-corrected chi connectivity index (χ4v) is 1.85. The highest BCUT2D eigenvalue weighted by atomic mass is 79.9. The van der Waals surface area contributed by atoms with Crippen LogP contribution in [0.3, 0.4) is 0 Å². The number of carbonyl (C=O) groups excluding carboxylic acids is 1. The Hall–Kier alpha value is -0.830. The fraction of sp³-hybridized carbons (Fsp3) is 0.417. The van der Waals surface area contributed by atoms with Crippen LogP contribution < -0.4 is 5.32 Å². The van der Waals surface area contributed by atoms with E-state index in [2.05, 4.69) is 33.4 Å². The number of amides is 1. The lowest BCUT2D eigenvalue weighted by molar-refractivity contribution is -0.120. The molecule has 3 unspecified atom stereocenters. The van der Waals surface area contributed by atoms with Gasteiger partial charge in [-0.3, -0.25) is 4.79 Å². The SMILES string of the molecule is CC(Br)C(=O)NC1CC1c1ccccc1. The second kappa shape index (κ2) is 4.35. The summed E-state index contributed by atoms with van der Waals surface area (Å²) >= 11 is 3.26. The van der Waals surface area contributed by atoms with Crippen LogP contribution in [0.5, 0.6) is 0 Å². The van der Waals surface area contributed by atoms with Gasteiger partial charge in [0.05, 0.1) is 4.83 Å². The molecule has 0 spiro atoms. The van der Waals surface area contributed by atoms with Crippen molar-refractivity contribution < 1.29 is 4.79 Å². The molecular weight excluding hydrogens is 254 g/mol. The van der Waals surface area contributed by atoms with E-state index >= 15 is 0 Å². The molecular formula is C12H14BrNO. The summed E-state index contributed by atoms with van der Waals surface area (Å²) in [7, 11) is 0. The van der Waals surface area contributed by atoms with E-state index in [1.165, 1.54) is 5.56 Å². The Morgan fingerprint density at radius 3 is 2.73 bits per heavy atom. The molecule has 80 valence electrons. The first-order chi connectivity index (χ1) is 7.18. The van der Waals surface area contributed by atoms with Crippen molar-refractivity contribution in [2.24, 2.45) is 0 Å². The third-order valence-corrected chi connectivity index (χ3v) is 3.12. The predicted octanol–water partition coefficient (Wildman–Crippen LogP) is 2.44. The van der Waals surface area contributed by atoms with Crippen LogP contribution in [0.25, 0.3) is 0 Å². The topological polar surface area (TPSA) is 29.1 Å². The van der Waals surface area contributed by atoms with E-state index in [1.54, 1.807) is 0 Å². The highest BCUT2D eigenvalue weighted by Crippen LogP contribution is 2.40. The lowest BCUT2D eigenvalue weighted by Gasteiger charge is -2.05. The lowest BCUT2D eigenvalue weighted by Crippen LogP contribution is -2.31. The minimum absolute atomic E-state index is 0.0819. The molecule has 15 heavy (non-hydrogen) atoms. The van der Waals surface area contributed by atoms with E-state index in [1.807, 2.05) is 25.1 Å². The van der Waals surface area contributed by atoms with Crippen molar-refractivity contribution in [3.63, 3.8) is 0 Å². The second-order valence-electron chi connectivity index (χ2n) is 3.98. The zero-order chi connectivity index (χ0) is 10.8. The molecule has 1 aliphatic carbocycles. The smallest absolute Gasteiger partial charge is 0.233 e. The molecule has 0 aliphatic heterocycles. The first kappa shape index (κ1) is 10.7. The van der Waals surface area contributed by atoms with Gasteiger partial charge in [0.15, 0.2) is 0 Å². The van der Waals surface area contributed by atoms with Crippen LogP contribution in [0.2, 0.25) is 0 Å². The zero-order valence-electron chi connectivity index (χ0n) is 8.61. The summed E-state index contributed by atoms with van der Waals surface area (Å²) < 4.78 is 0. The van der Waals surface area contributed by atoms with E-state index in [4.69, 9.17) is 0 Å². The summed E-state index contributed by atoms with van der Waals surface area (Å²) in [6.07, 6.45) is 1.06. The molecule has 1 saturated carbocycles. The molecule has 1 fully saturated rings. The zero-order valence-corrected chi connectivity index (χ0v) is 10.2. The monoisotopic (exact) mass is 267 g/mol. The van der Waals surface area contributed by atoms with Gasteiger partial charge in [0.25, 0.3) is 0 Å². The van der Waals surface area contributed by atoms with E-state index in [-0.39, 0.29) is 10.7 Å². The van der Waals surface area contributed by atoms with Gasteiger partial charge in [-0.15, -0.1) is 0 Å². The number of benzene rings is 1. The number of hydrogen-bond donors (Lipinski definition) is 1. The van der Waals surface area contributed by atoms with Crippen molar-refractivity contribution in [2.75, 3.05) is 0 Å². The van der Waals surface area contributed by atoms with Crippen molar-refractivity contribution in [1.82, 2.24) is 5.32 Å². The van der Waals surface area contributed by atoms with Gasteiger partial charge in [0.1, 0.15) is 0 Å². The van der Waals surface area contributed by atoms with Gasteiger partial charge in [0, 0.05) is 12.0 Å². The summed E-state index contributed by atoms with van der Waals surface area (Å²) in [5, 5.41) is 3.02. The average molecular weight is 268 g/mol. The van der Waals surface area contributed by atoms with Gasteiger partial charge >= 0.3 is 0 Å². The molecule has 1 aromatic carbocycles. The molecule has 0 aromatic heterocycles. The maximum Gasteiger partial charge on any atom is 0.233 e. The van der Waals surface area contributed by atoms with Crippen LogP contribution in [0.1, 0.15) is 24.8 Å². The number of rotatable bonds is 3. The molecule has 3 heteroatoms. The lowest BCUT2D eigenvalue weighted by atomic mass is 10.1. The summed E-state index contributed by atoms with van der Waals surface area (Å²) in [5.41, 5.74) is 1.32. The first-order valence-electron chi connectivity index (χ1n) is 5.18. The Labute approximate surface area is 98.2 Å². The Morgan fingerprint density at radius 1 is 1.47 bits per heavy atom. The van der Waals surface area contributed by atoms with E-state index in [0.29, 0.717) is 12.0 Å². The highest BCUT2D eigenvalue weighted by molar-refractivity contribution is 9.10. The molecule has 1 N–H and O–H groups in total. The molecule has 1 aliphatic rings. The summed E-state index contributed by atoms with van der Waals surface area (Å²) in [6, 6.07) is 10.7. The number of alkyl halides is 1. The molecule has 1 aromatic rings. The van der Waals surface area contributed by atoms with Gasteiger partial charge < -0.3 is 5.32 Å². The van der Waals surface area contributed by atoms with Gasteiger partial charge in [0.2, 0.25) is 5.91 Å². The summed E-state index contributed by atoms with van der Waals surface area (Å²) in [5.74, 6) is 0.597. The molecule has 2 rings (SSSR count). The molecule has 3 atom stereocenters. The van der Waals surface area contributed by atoms with E-state index in [9.17, 15) is 4.79 Å². The van der Waals surface area contributed by atoms with Crippen LogP contribution in [-0.2, 0) is 4.79 Å². The molecule has 0 heterocycles. The normalized spacial score (nSPS) is 25.7. The minimum Gasteiger partial charge on any atom is -0.352 e. The maximum atomic E-state index is 11.4. The Kier molecular flexibility index (Phi) is 3.10. The van der Waals surface area contributed by atoms with Gasteiger partial charge in [-0.25, -0.2) is 0 Å². The van der Waals surface area contributed by atoms with Crippen molar-refractivity contribution >= 4 is 21.8 Å². The average Bonchev–Trinajstić information content (AvgIpc) is 2.98. The Bertz CT molecular complexity index is 350. The van der Waals surface area contributed by atoms with E-state index < -0.39 is 0 Å². The highest BCUT2D eigenvalue weighted by Gasteiger charge is 2.39. The number of hydrogen-bond acceptors (Lipinski definition) is 1. The third kappa shape index (κ3) is 2.59. The molecule has 0 bridgehead atoms. The van der Waals surface area contributed by atoms with Gasteiger partial charge in [-0.1, -0.05) is 46.3 Å². The second-order valence-corrected chi connectivity index (χ2v) is 5.36. The minimum atomic E-state index is -0.102. The largest absolute Gasteiger partial charge is 0.352 e. The summed E-state index contributed by atoms with van der Waals surface area (Å²) in [6.45, 7) is 1.84. The van der Waals surface area contributed by atoms with Crippen LogP contribution in [0, 0.1) is 0 Å². The Balaban J connectivity index is 1.89. The van der Waals surface area contributed by atoms with E-state index in [0.717, 1.165) is 6.42 Å². The van der Waals surface area contributed by atoms with Crippen molar-refractivity contribution in [3.8, 4) is 0 Å². The fourth-order valence-electron chi connectivity index (χ4n) is 1.72.